The average Bonchev–Trinajstić information content (AvgIpc) is 2.62. The highest BCUT2D eigenvalue weighted by molar-refractivity contribution is 5.89. The number of aryl methyl sites for hydroxylation is 2. The summed E-state index contributed by atoms with van der Waals surface area (Å²) in [6.07, 6.45) is 5.02. The first kappa shape index (κ1) is 18.9. The maximum atomic E-state index is 12.6. The van der Waals surface area contributed by atoms with Crippen LogP contribution in [0.15, 0.2) is 29.1 Å². The van der Waals surface area contributed by atoms with Gasteiger partial charge in [0.15, 0.2) is 0 Å². The number of benzene rings is 1. The Morgan fingerprint density at radius 3 is 2.68 bits per heavy atom. The molecule has 2 aromatic rings. The lowest BCUT2D eigenvalue weighted by Gasteiger charge is -2.10. The number of unbranched alkanes of at least 4 members (excludes halogenated alkanes) is 1. The van der Waals surface area contributed by atoms with Crippen LogP contribution < -0.4 is 5.56 Å². The fraction of sp³-hybridized carbons (Fsp3) is 0.450. The Morgan fingerprint density at radius 1 is 1.20 bits per heavy atom. The number of aromatic nitrogens is 2. The molecule has 0 saturated heterocycles. The molecule has 1 aromatic heterocycles. The Kier molecular flexibility index (Phi) is 6.92. The van der Waals surface area contributed by atoms with Crippen LogP contribution in [0.4, 0.5) is 0 Å². The average molecular weight is 342 g/mol. The van der Waals surface area contributed by atoms with Gasteiger partial charge in [-0.15, -0.1) is 0 Å². The Morgan fingerprint density at radius 2 is 2.00 bits per heavy atom. The number of aromatic amines is 1. The van der Waals surface area contributed by atoms with E-state index >= 15 is 0 Å². The molecular formula is C20H26N2O3. The van der Waals surface area contributed by atoms with Crippen molar-refractivity contribution in [2.45, 2.75) is 52.4 Å². The van der Waals surface area contributed by atoms with E-state index in [4.69, 9.17) is 4.74 Å². The second-order valence-corrected chi connectivity index (χ2v) is 6.16. The van der Waals surface area contributed by atoms with Gasteiger partial charge in [-0.2, -0.15) is 0 Å². The number of nitrogens with one attached hydrogen (secondary N) is 1. The Hall–Kier alpha value is -2.43. The molecule has 0 aliphatic heterocycles. The van der Waals surface area contributed by atoms with Gasteiger partial charge in [0.2, 0.25) is 0 Å². The molecule has 2 rings (SSSR count). The fourth-order valence-electron chi connectivity index (χ4n) is 2.81. The van der Waals surface area contributed by atoms with Gasteiger partial charge in [-0.25, -0.2) is 9.78 Å². The molecule has 0 aliphatic carbocycles. The van der Waals surface area contributed by atoms with Crippen LogP contribution in [0.25, 0.3) is 0 Å². The smallest absolute Gasteiger partial charge is 0.337 e. The van der Waals surface area contributed by atoms with E-state index in [9.17, 15) is 9.59 Å². The summed E-state index contributed by atoms with van der Waals surface area (Å²) in [5.41, 5.74) is 2.85. The van der Waals surface area contributed by atoms with Crippen LogP contribution in [0.5, 0.6) is 0 Å². The van der Waals surface area contributed by atoms with Crippen LogP contribution in [0, 0.1) is 0 Å². The summed E-state index contributed by atoms with van der Waals surface area (Å²) in [5, 5.41) is 0. The Balaban J connectivity index is 2.35. The molecule has 0 bridgehead atoms. The molecule has 1 aromatic carbocycles. The third-order valence-corrected chi connectivity index (χ3v) is 4.13. The number of esters is 1. The molecule has 0 saturated carbocycles. The summed E-state index contributed by atoms with van der Waals surface area (Å²) >= 11 is 0. The number of rotatable bonds is 8. The molecule has 5 nitrogen and oxygen atoms in total. The van der Waals surface area contributed by atoms with Crippen LogP contribution in [0.2, 0.25) is 0 Å². The number of hydrogen-bond acceptors (Lipinski definition) is 4. The Bertz CT molecular complexity index is 781. The number of ether oxygens (including phenoxy) is 1. The molecule has 0 aliphatic rings. The quantitative estimate of drug-likeness (QED) is 0.746. The lowest BCUT2D eigenvalue weighted by molar-refractivity contribution is 0.0600. The van der Waals surface area contributed by atoms with Crippen LogP contribution >= 0.6 is 0 Å². The van der Waals surface area contributed by atoms with Crippen molar-refractivity contribution in [2.24, 2.45) is 0 Å². The molecule has 134 valence electrons. The van der Waals surface area contributed by atoms with E-state index in [2.05, 4.69) is 23.8 Å². The van der Waals surface area contributed by atoms with Crippen molar-refractivity contribution in [3.8, 4) is 0 Å². The van der Waals surface area contributed by atoms with E-state index in [-0.39, 0.29) is 11.5 Å². The molecule has 0 radical (unpaired) electrons. The zero-order chi connectivity index (χ0) is 18.2. The van der Waals surface area contributed by atoms with E-state index < -0.39 is 0 Å². The molecule has 0 unspecified atom stereocenters. The molecule has 0 spiro atoms. The van der Waals surface area contributed by atoms with Crippen LogP contribution in [0.3, 0.4) is 0 Å². The van der Waals surface area contributed by atoms with E-state index in [0.717, 1.165) is 49.2 Å². The second kappa shape index (κ2) is 9.16. The minimum Gasteiger partial charge on any atom is -0.465 e. The summed E-state index contributed by atoms with van der Waals surface area (Å²) in [6, 6.07) is 7.19. The highest BCUT2D eigenvalue weighted by Gasteiger charge is 2.13. The summed E-state index contributed by atoms with van der Waals surface area (Å²) in [7, 11) is 1.36. The summed E-state index contributed by atoms with van der Waals surface area (Å²) in [6.45, 7) is 4.20. The number of nitrogens with zero attached hydrogens (tertiary/aromatic N) is 1. The van der Waals surface area contributed by atoms with Gasteiger partial charge < -0.3 is 9.72 Å². The van der Waals surface area contributed by atoms with Gasteiger partial charge in [0.05, 0.1) is 18.4 Å². The first-order valence-electron chi connectivity index (χ1n) is 8.87. The maximum Gasteiger partial charge on any atom is 0.337 e. The van der Waals surface area contributed by atoms with Gasteiger partial charge in [0, 0.05) is 18.4 Å². The topological polar surface area (TPSA) is 72.0 Å². The van der Waals surface area contributed by atoms with Crippen molar-refractivity contribution in [1.29, 1.82) is 0 Å². The van der Waals surface area contributed by atoms with Crippen molar-refractivity contribution in [1.82, 2.24) is 9.97 Å². The minimum absolute atomic E-state index is 0.0759. The SMILES string of the molecule is CCCCc1nc(CCC)c(Cc2cccc(C(=O)OC)c2)c(=O)[nH]1. The summed E-state index contributed by atoms with van der Waals surface area (Å²) in [5.74, 6) is 0.389. The normalized spacial score (nSPS) is 10.7. The van der Waals surface area contributed by atoms with Gasteiger partial charge >= 0.3 is 5.97 Å². The van der Waals surface area contributed by atoms with E-state index in [1.54, 1.807) is 18.2 Å². The largest absolute Gasteiger partial charge is 0.465 e. The maximum absolute atomic E-state index is 12.6. The Labute approximate surface area is 148 Å². The van der Waals surface area contributed by atoms with E-state index in [1.165, 1.54) is 7.11 Å². The monoisotopic (exact) mass is 342 g/mol. The number of H-pyrrole nitrogens is 1. The van der Waals surface area contributed by atoms with Crippen molar-refractivity contribution in [3.63, 3.8) is 0 Å². The number of carbonyl (C=O) groups excluding carboxylic acids is 1. The third-order valence-electron chi connectivity index (χ3n) is 4.13. The summed E-state index contributed by atoms with van der Waals surface area (Å²) in [4.78, 5) is 31.9. The molecule has 1 N–H and O–H groups in total. The van der Waals surface area contributed by atoms with Gasteiger partial charge in [-0.1, -0.05) is 38.8 Å². The first-order chi connectivity index (χ1) is 12.1. The molecule has 5 heteroatoms. The third kappa shape index (κ3) is 5.02. The van der Waals surface area contributed by atoms with Gasteiger partial charge in [0.25, 0.3) is 5.56 Å². The van der Waals surface area contributed by atoms with Gasteiger partial charge in [-0.05, 0) is 30.5 Å². The lowest BCUT2D eigenvalue weighted by Crippen LogP contribution is -2.21. The minimum atomic E-state index is -0.377. The molecule has 25 heavy (non-hydrogen) atoms. The zero-order valence-electron chi connectivity index (χ0n) is 15.2. The predicted octanol–water partition coefficient (Wildman–Crippen LogP) is 3.44. The van der Waals surface area contributed by atoms with Crippen molar-refractivity contribution in [2.75, 3.05) is 7.11 Å². The van der Waals surface area contributed by atoms with E-state index in [1.807, 2.05) is 6.07 Å². The van der Waals surface area contributed by atoms with Crippen LogP contribution in [-0.2, 0) is 24.0 Å². The first-order valence-corrected chi connectivity index (χ1v) is 8.87. The van der Waals surface area contributed by atoms with Crippen LogP contribution in [0.1, 0.15) is 66.1 Å². The number of methoxy groups -OCH3 is 1. The highest BCUT2D eigenvalue weighted by atomic mass is 16.5. The standard InChI is InChI=1S/C20H26N2O3/c1-4-6-11-18-21-17(8-5-2)16(19(23)22-18)13-14-9-7-10-15(12-14)20(24)25-3/h7,9-10,12H,4-6,8,11,13H2,1-3H3,(H,21,22,23). The molecular weight excluding hydrogens is 316 g/mol. The highest BCUT2D eigenvalue weighted by Crippen LogP contribution is 2.14. The lowest BCUT2D eigenvalue weighted by atomic mass is 10.0. The van der Waals surface area contributed by atoms with Crippen molar-refractivity contribution < 1.29 is 9.53 Å². The second-order valence-electron chi connectivity index (χ2n) is 6.16. The number of carbonyl (C=O) groups is 1. The van der Waals surface area contributed by atoms with Crippen molar-refractivity contribution in [3.05, 3.63) is 62.8 Å². The van der Waals surface area contributed by atoms with Crippen molar-refractivity contribution >= 4 is 5.97 Å². The fourth-order valence-corrected chi connectivity index (χ4v) is 2.81. The van der Waals surface area contributed by atoms with E-state index in [0.29, 0.717) is 17.5 Å². The molecule has 1 heterocycles. The molecule has 0 fully saturated rings. The summed E-state index contributed by atoms with van der Waals surface area (Å²) < 4.78 is 4.76. The van der Waals surface area contributed by atoms with Gasteiger partial charge in [-0.3, -0.25) is 4.79 Å². The van der Waals surface area contributed by atoms with Crippen LogP contribution in [-0.4, -0.2) is 23.0 Å². The zero-order valence-corrected chi connectivity index (χ0v) is 15.2. The molecule has 0 atom stereocenters. The number of hydrogen-bond donors (Lipinski definition) is 1. The predicted molar refractivity (Wildman–Crippen MR) is 98.1 cm³/mol. The molecule has 0 amide bonds. The van der Waals surface area contributed by atoms with Gasteiger partial charge in [0.1, 0.15) is 5.82 Å².